The number of amides is 1. The van der Waals surface area contributed by atoms with Gasteiger partial charge in [0, 0.05) is 55.9 Å². The molecule has 9 nitrogen and oxygen atoms in total. The van der Waals surface area contributed by atoms with Gasteiger partial charge in [0.1, 0.15) is 12.4 Å². The maximum Gasteiger partial charge on any atom is 0.318 e. The van der Waals surface area contributed by atoms with Crippen LogP contribution in [0.4, 0.5) is 11.5 Å². The Kier molecular flexibility index (Phi) is 7.61. The second-order valence-corrected chi connectivity index (χ2v) is 11.5. The lowest BCUT2D eigenvalue weighted by Crippen LogP contribution is -2.55. The van der Waals surface area contributed by atoms with Crippen molar-refractivity contribution in [1.29, 1.82) is 5.26 Å². The zero-order chi connectivity index (χ0) is 27.6. The van der Waals surface area contributed by atoms with Gasteiger partial charge in [0.05, 0.1) is 24.2 Å². The van der Waals surface area contributed by atoms with E-state index >= 15 is 0 Å². The van der Waals surface area contributed by atoms with Crippen LogP contribution in [0, 0.1) is 11.3 Å². The number of hydrogen-bond donors (Lipinski definition) is 0. The topological polar surface area (TPSA) is 88.8 Å². The molecule has 2 aromatic rings. The number of piperazine rings is 1. The van der Waals surface area contributed by atoms with Crippen molar-refractivity contribution >= 4 is 17.4 Å². The van der Waals surface area contributed by atoms with Crippen LogP contribution >= 0.6 is 0 Å². The molecular weight excluding hydrogens is 502 g/mol. The molecule has 1 amide bonds. The molecule has 4 aliphatic rings. The minimum atomic E-state index is -0.205. The van der Waals surface area contributed by atoms with Crippen molar-refractivity contribution in [3.05, 3.63) is 53.7 Å². The summed E-state index contributed by atoms with van der Waals surface area (Å²) >= 11 is 0. The van der Waals surface area contributed by atoms with E-state index in [2.05, 4.69) is 58.7 Å². The van der Waals surface area contributed by atoms with Gasteiger partial charge in [0.25, 0.3) is 0 Å². The van der Waals surface area contributed by atoms with E-state index in [0.717, 1.165) is 56.7 Å². The van der Waals surface area contributed by atoms with Crippen LogP contribution < -0.4 is 14.5 Å². The van der Waals surface area contributed by atoms with E-state index in [4.69, 9.17) is 14.7 Å². The standard InChI is InChI=1S/C31H39N7O2/c1-3-29(39)38-18-17-36(20-24(38)12-14-32)30-26-11-10-23(37-16-13-22-7-4-5-9-28(22)37)19-27(26)33-31(34-30)40-21-25-8-6-15-35(25)2/h3-5,7,9,23-25H,1,6,8,10-13,15-21H2,2H3. The number of nitrogens with zero attached hydrogens (tertiary/aromatic N) is 7. The highest BCUT2D eigenvalue weighted by Crippen LogP contribution is 2.37. The van der Waals surface area contributed by atoms with Gasteiger partial charge in [0.2, 0.25) is 5.91 Å². The summed E-state index contributed by atoms with van der Waals surface area (Å²) in [6, 6.07) is 12.0. The third-order valence-corrected chi connectivity index (χ3v) is 9.21. The molecule has 1 aromatic heterocycles. The first kappa shape index (κ1) is 26.6. The number of anilines is 2. The Labute approximate surface area is 237 Å². The first-order valence-electron chi connectivity index (χ1n) is 14.7. The van der Waals surface area contributed by atoms with Gasteiger partial charge in [0.15, 0.2) is 0 Å². The monoisotopic (exact) mass is 541 g/mol. The van der Waals surface area contributed by atoms with Crippen LogP contribution in [0.5, 0.6) is 6.01 Å². The van der Waals surface area contributed by atoms with Crippen LogP contribution in [0.15, 0.2) is 36.9 Å². The van der Waals surface area contributed by atoms with Gasteiger partial charge in [-0.3, -0.25) is 4.79 Å². The summed E-state index contributed by atoms with van der Waals surface area (Å²) in [4.78, 5) is 31.4. The molecular formula is C31H39N7O2. The molecule has 1 aliphatic carbocycles. The SMILES string of the molecule is C=CC(=O)N1CCN(c2nc(OCC3CCCN3C)nc3c2CCC(N2CCc4ccccc42)C3)CC1CC#N. The lowest BCUT2D eigenvalue weighted by molar-refractivity contribution is -0.128. The molecule has 2 saturated heterocycles. The maximum atomic E-state index is 12.5. The fourth-order valence-corrected chi connectivity index (χ4v) is 6.99. The third kappa shape index (κ3) is 5.13. The van der Waals surface area contributed by atoms with Crippen LogP contribution in [-0.4, -0.2) is 90.2 Å². The molecule has 3 aliphatic heterocycles. The zero-order valence-corrected chi connectivity index (χ0v) is 23.5. The summed E-state index contributed by atoms with van der Waals surface area (Å²) in [6.45, 7) is 8.12. The fourth-order valence-electron chi connectivity index (χ4n) is 6.99. The van der Waals surface area contributed by atoms with Gasteiger partial charge >= 0.3 is 6.01 Å². The number of carbonyl (C=O) groups excluding carboxylic acids is 1. The molecule has 0 radical (unpaired) electrons. The molecule has 4 heterocycles. The number of benzene rings is 1. The highest BCUT2D eigenvalue weighted by Gasteiger charge is 2.35. The van der Waals surface area contributed by atoms with E-state index in [1.54, 1.807) is 4.90 Å². The lowest BCUT2D eigenvalue weighted by Gasteiger charge is -2.42. The van der Waals surface area contributed by atoms with Crippen LogP contribution in [-0.2, 0) is 24.1 Å². The minimum Gasteiger partial charge on any atom is -0.462 e. The molecule has 0 bridgehead atoms. The Morgan fingerprint density at radius 1 is 1.15 bits per heavy atom. The number of carbonyl (C=O) groups is 1. The summed E-state index contributed by atoms with van der Waals surface area (Å²) in [6.07, 6.45) is 7.82. The Morgan fingerprint density at radius 3 is 2.83 bits per heavy atom. The van der Waals surface area contributed by atoms with Gasteiger partial charge in [-0.15, -0.1) is 0 Å². The van der Waals surface area contributed by atoms with Gasteiger partial charge in [-0.05, 0) is 63.4 Å². The molecule has 9 heteroatoms. The molecule has 3 atom stereocenters. The van der Waals surface area contributed by atoms with Crippen LogP contribution in [0.3, 0.4) is 0 Å². The van der Waals surface area contributed by atoms with Gasteiger partial charge in [-0.2, -0.15) is 15.2 Å². The van der Waals surface area contributed by atoms with Crippen LogP contribution in [0.1, 0.15) is 42.5 Å². The van der Waals surface area contributed by atoms with E-state index in [9.17, 15) is 10.1 Å². The van der Waals surface area contributed by atoms with Crippen molar-refractivity contribution < 1.29 is 9.53 Å². The number of nitriles is 1. The Hall–Kier alpha value is -3.64. The highest BCUT2D eigenvalue weighted by atomic mass is 16.5. The second-order valence-electron chi connectivity index (χ2n) is 11.5. The first-order chi connectivity index (χ1) is 19.6. The van der Waals surface area contributed by atoms with Gasteiger partial charge < -0.3 is 24.3 Å². The third-order valence-electron chi connectivity index (χ3n) is 9.21. The molecule has 0 N–H and O–H groups in total. The number of para-hydroxylation sites is 1. The maximum absolute atomic E-state index is 12.5. The molecule has 1 aromatic carbocycles. The van der Waals surface area contributed by atoms with Gasteiger partial charge in [-0.1, -0.05) is 24.8 Å². The quantitative estimate of drug-likeness (QED) is 0.495. The Bertz CT molecular complexity index is 1310. The second kappa shape index (κ2) is 11.5. The Balaban J connectivity index is 1.29. The Morgan fingerprint density at radius 2 is 2.02 bits per heavy atom. The van der Waals surface area contributed by atoms with E-state index in [0.29, 0.717) is 44.3 Å². The summed E-state index contributed by atoms with van der Waals surface area (Å²) in [5.74, 6) is 0.789. The number of aromatic nitrogens is 2. The summed E-state index contributed by atoms with van der Waals surface area (Å²) in [5.41, 5.74) is 5.04. The number of rotatable bonds is 7. The van der Waals surface area contributed by atoms with E-state index < -0.39 is 0 Å². The number of fused-ring (bicyclic) bond motifs is 2. The van der Waals surface area contributed by atoms with E-state index in [-0.39, 0.29) is 18.4 Å². The van der Waals surface area contributed by atoms with E-state index in [1.165, 1.54) is 29.3 Å². The molecule has 210 valence electrons. The van der Waals surface area contributed by atoms with Crippen molar-refractivity contribution in [3.8, 4) is 12.1 Å². The number of hydrogen-bond acceptors (Lipinski definition) is 8. The molecule has 40 heavy (non-hydrogen) atoms. The van der Waals surface area contributed by atoms with Crippen LogP contribution in [0.2, 0.25) is 0 Å². The average molecular weight is 542 g/mol. The number of likely N-dealkylation sites (tertiary alicyclic amines) is 1. The zero-order valence-electron chi connectivity index (χ0n) is 23.5. The largest absolute Gasteiger partial charge is 0.462 e. The van der Waals surface area contributed by atoms with Crippen molar-refractivity contribution in [2.75, 3.05) is 56.2 Å². The molecule has 3 unspecified atom stereocenters. The predicted octanol–water partition coefficient (Wildman–Crippen LogP) is 2.99. The van der Waals surface area contributed by atoms with Gasteiger partial charge in [-0.25, -0.2) is 0 Å². The number of ether oxygens (including phenoxy) is 1. The van der Waals surface area contributed by atoms with E-state index in [1.807, 2.05) is 0 Å². The highest BCUT2D eigenvalue weighted by molar-refractivity contribution is 5.87. The fraction of sp³-hybridized carbons (Fsp3) is 0.548. The average Bonchev–Trinajstić information content (AvgIpc) is 3.61. The number of likely N-dealkylation sites (N-methyl/N-ethyl adjacent to an activating group) is 1. The molecule has 6 rings (SSSR count). The molecule has 0 saturated carbocycles. The summed E-state index contributed by atoms with van der Waals surface area (Å²) < 4.78 is 6.29. The summed E-state index contributed by atoms with van der Waals surface area (Å²) in [5, 5.41) is 9.50. The first-order valence-corrected chi connectivity index (χ1v) is 14.7. The van der Waals surface area contributed by atoms with Crippen molar-refractivity contribution in [3.63, 3.8) is 0 Å². The molecule has 2 fully saturated rings. The van der Waals surface area contributed by atoms with Crippen molar-refractivity contribution in [1.82, 2.24) is 19.8 Å². The predicted molar refractivity (Wildman–Crippen MR) is 155 cm³/mol. The molecule has 0 spiro atoms. The van der Waals surface area contributed by atoms with Crippen LogP contribution in [0.25, 0.3) is 0 Å². The summed E-state index contributed by atoms with van der Waals surface area (Å²) in [7, 11) is 2.15. The minimum absolute atomic E-state index is 0.122. The normalized spacial score (nSPS) is 24.4. The lowest BCUT2D eigenvalue weighted by atomic mass is 9.90. The van der Waals surface area contributed by atoms with Crippen molar-refractivity contribution in [2.45, 2.75) is 63.1 Å². The van der Waals surface area contributed by atoms with Crippen molar-refractivity contribution in [2.24, 2.45) is 0 Å². The smallest absolute Gasteiger partial charge is 0.318 e.